The average molecular weight is 261 g/mol. The quantitative estimate of drug-likeness (QED) is 0.609. The Bertz CT molecular complexity index is 568. The van der Waals surface area contributed by atoms with Gasteiger partial charge in [0, 0.05) is 18.2 Å². The minimum absolute atomic E-state index is 0.0398. The van der Waals surface area contributed by atoms with Crippen molar-refractivity contribution in [2.24, 2.45) is 5.73 Å². The monoisotopic (exact) mass is 261 g/mol. The SMILES string of the molecule is CCC(N)CC(=O)N1C(=O)c2cccc(N)c2C1=O. The van der Waals surface area contributed by atoms with E-state index in [9.17, 15) is 14.4 Å². The van der Waals surface area contributed by atoms with Crippen LogP contribution in [0.1, 0.15) is 40.5 Å². The first-order valence-electron chi connectivity index (χ1n) is 6.03. The largest absolute Gasteiger partial charge is 0.398 e. The Balaban J connectivity index is 2.33. The predicted octanol–water partition coefficient (Wildman–Crippen LogP) is 0.519. The lowest BCUT2D eigenvalue weighted by atomic mass is 10.1. The van der Waals surface area contributed by atoms with Crippen LogP contribution in [0.25, 0.3) is 0 Å². The van der Waals surface area contributed by atoms with Gasteiger partial charge in [0.25, 0.3) is 11.8 Å². The molecule has 0 spiro atoms. The minimum atomic E-state index is -0.661. The number of carbonyl (C=O) groups excluding carboxylic acids is 3. The molecule has 3 amide bonds. The summed E-state index contributed by atoms with van der Waals surface area (Å²) in [5.74, 6) is -1.87. The van der Waals surface area contributed by atoms with Crippen molar-refractivity contribution in [1.82, 2.24) is 4.90 Å². The van der Waals surface area contributed by atoms with Gasteiger partial charge in [0.1, 0.15) is 0 Å². The number of fused-ring (bicyclic) bond motifs is 1. The van der Waals surface area contributed by atoms with Crippen molar-refractivity contribution in [3.05, 3.63) is 29.3 Å². The highest BCUT2D eigenvalue weighted by Crippen LogP contribution is 2.28. The smallest absolute Gasteiger partial charge is 0.270 e. The van der Waals surface area contributed by atoms with Crippen molar-refractivity contribution in [3.63, 3.8) is 0 Å². The van der Waals surface area contributed by atoms with Gasteiger partial charge in [-0.1, -0.05) is 13.0 Å². The zero-order valence-electron chi connectivity index (χ0n) is 10.6. The van der Waals surface area contributed by atoms with Crippen LogP contribution in [0.4, 0.5) is 5.69 Å². The topological polar surface area (TPSA) is 106 Å². The summed E-state index contributed by atoms with van der Waals surface area (Å²) in [6.07, 6.45) is 0.554. The maximum absolute atomic E-state index is 12.1. The molecule has 0 aliphatic carbocycles. The second kappa shape index (κ2) is 4.81. The molecule has 0 fully saturated rings. The fourth-order valence-electron chi connectivity index (χ4n) is 2.00. The first kappa shape index (κ1) is 13.2. The predicted molar refractivity (Wildman–Crippen MR) is 69.2 cm³/mol. The summed E-state index contributed by atoms with van der Waals surface area (Å²) in [7, 11) is 0. The van der Waals surface area contributed by atoms with Crippen LogP contribution in [-0.2, 0) is 4.79 Å². The second-order valence-corrected chi connectivity index (χ2v) is 4.48. The van der Waals surface area contributed by atoms with Gasteiger partial charge >= 0.3 is 0 Å². The lowest BCUT2D eigenvalue weighted by molar-refractivity contribution is -0.126. The number of imide groups is 3. The molecule has 0 aromatic heterocycles. The summed E-state index contributed by atoms with van der Waals surface area (Å²) in [5.41, 5.74) is 11.8. The van der Waals surface area contributed by atoms with Gasteiger partial charge < -0.3 is 11.5 Å². The van der Waals surface area contributed by atoms with Crippen LogP contribution in [0.2, 0.25) is 0 Å². The van der Waals surface area contributed by atoms with Gasteiger partial charge in [-0.2, -0.15) is 0 Å². The first-order chi connectivity index (χ1) is 8.97. The fourth-order valence-corrected chi connectivity index (χ4v) is 2.00. The molecule has 1 aromatic rings. The number of amides is 3. The average Bonchev–Trinajstić information content (AvgIpc) is 2.62. The maximum atomic E-state index is 12.1. The minimum Gasteiger partial charge on any atom is -0.398 e. The van der Waals surface area contributed by atoms with Crippen LogP contribution in [0.15, 0.2) is 18.2 Å². The summed E-state index contributed by atoms with van der Waals surface area (Å²) in [6.45, 7) is 1.83. The van der Waals surface area contributed by atoms with Gasteiger partial charge in [-0.25, -0.2) is 4.90 Å². The summed E-state index contributed by atoms with van der Waals surface area (Å²) in [6, 6.07) is 4.22. The van der Waals surface area contributed by atoms with Gasteiger partial charge in [-0.15, -0.1) is 0 Å². The van der Waals surface area contributed by atoms with Crippen molar-refractivity contribution < 1.29 is 14.4 Å². The van der Waals surface area contributed by atoms with Gasteiger partial charge in [0.05, 0.1) is 11.1 Å². The van der Waals surface area contributed by atoms with E-state index in [0.29, 0.717) is 11.3 Å². The summed E-state index contributed by atoms with van der Waals surface area (Å²) >= 11 is 0. The normalized spacial score (nSPS) is 15.6. The third-order valence-electron chi connectivity index (χ3n) is 3.16. The van der Waals surface area contributed by atoms with Crippen LogP contribution in [0.3, 0.4) is 0 Å². The van der Waals surface area contributed by atoms with Gasteiger partial charge in [-0.3, -0.25) is 14.4 Å². The van der Waals surface area contributed by atoms with E-state index in [0.717, 1.165) is 0 Å². The van der Waals surface area contributed by atoms with Crippen molar-refractivity contribution in [1.29, 1.82) is 0 Å². The van der Waals surface area contributed by atoms with E-state index in [4.69, 9.17) is 11.5 Å². The Kier molecular flexibility index (Phi) is 3.35. The van der Waals surface area contributed by atoms with Gasteiger partial charge in [0.15, 0.2) is 0 Å². The molecule has 1 aliphatic rings. The van der Waals surface area contributed by atoms with E-state index in [1.54, 1.807) is 6.07 Å². The molecule has 0 saturated heterocycles. The Hall–Kier alpha value is -2.21. The lowest BCUT2D eigenvalue weighted by Gasteiger charge is -2.14. The highest BCUT2D eigenvalue weighted by molar-refractivity contribution is 6.30. The van der Waals surface area contributed by atoms with E-state index in [2.05, 4.69) is 0 Å². The van der Waals surface area contributed by atoms with Crippen molar-refractivity contribution in [3.8, 4) is 0 Å². The Morgan fingerprint density at radius 3 is 2.58 bits per heavy atom. The molecule has 1 atom stereocenters. The van der Waals surface area contributed by atoms with Gasteiger partial charge in [-0.05, 0) is 18.6 Å². The van der Waals surface area contributed by atoms with Crippen molar-refractivity contribution in [2.45, 2.75) is 25.8 Å². The number of anilines is 1. The number of nitrogens with two attached hydrogens (primary N) is 2. The molecule has 6 nitrogen and oxygen atoms in total. The second-order valence-electron chi connectivity index (χ2n) is 4.48. The van der Waals surface area contributed by atoms with Crippen molar-refractivity contribution >= 4 is 23.4 Å². The van der Waals surface area contributed by atoms with E-state index < -0.39 is 17.7 Å². The number of nitrogen functional groups attached to an aromatic ring is 1. The molecule has 0 bridgehead atoms. The number of benzene rings is 1. The number of rotatable bonds is 3. The Morgan fingerprint density at radius 2 is 2.00 bits per heavy atom. The summed E-state index contributed by atoms with van der Waals surface area (Å²) in [5, 5.41) is 0. The molecule has 100 valence electrons. The highest BCUT2D eigenvalue weighted by Gasteiger charge is 2.41. The third-order valence-corrected chi connectivity index (χ3v) is 3.16. The molecule has 1 aliphatic heterocycles. The fraction of sp³-hybridized carbons (Fsp3) is 0.308. The molecule has 1 aromatic carbocycles. The number of nitrogens with zero attached hydrogens (tertiary/aromatic N) is 1. The molecule has 19 heavy (non-hydrogen) atoms. The van der Waals surface area contributed by atoms with Crippen LogP contribution in [0, 0.1) is 0 Å². The number of hydrogen-bond acceptors (Lipinski definition) is 5. The van der Waals surface area contributed by atoms with E-state index in [-0.39, 0.29) is 29.3 Å². The molecular weight excluding hydrogens is 246 g/mol. The molecule has 0 radical (unpaired) electrons. The van der Waals surface area contributed by atoms with Crippen LogP contribution < -0.4 is 11.5 Å². The Labute approximate surface area is 110 Å². The molecule has 4 N–H and O–H groups in total. The van der Waals surface area contributed by atoms with E-state index >= 15 is 0 Å². The standard InChI is InChI=1S/C13H15N3O3/c1-2-7(14)6-10(17)16-12(18)8-4-3-5-9(15)11(8)13(16)19/h3-5,7H,2,6,14-15H2,1H3. The van der Waals surface area contributed by atoms with E-state index in [1.165, 1.54) is 12.1 Å². The summed E-state index contributed by atoms with van der Waals surface area (Å²) < 4.78 is 0. The lowest BCUT2D eigenvalue weighted by Crippen LogP contribution is -2.39. The Morgan fingerprint density at radius 1 is 1.32 bits per heavy atom. The van der Waals surface area contributed by atoms with Crippen LogP contribution >= 0.6 is 0 Å². The molecule has 6 heteroatoms. The first-order valence-corrected chi connectivity index (χ1v) is 6.03. The van der Waals surface area contributed by atoms with E-state index in [1.807, 2.05) is 6.92 Å². The third kappa shape index (κ3) is 2.10. The zero-order chi connectivity index (χ0) is 14.2. The molecular formula is C13H15N3O3. The number of carbonyl (C=O) groups is 3. The maximum Gasteiger partial charge on any atom is 0.270 e. The van der Waals surface area contributed by atoms with Crippen molar-refractivity contribution in [2.75, 3.05) is 5.73 Å². The van der Waals surface area contributed by atoms with Gasteiger partial charge in [0.2, 0.25) is 5.91 Å². The van der Waals surface area contributed by atoms with Crippen LogP contribution in [-0.4, -0.2) is 28.7 Å². The summed E-state index contributed by atoms with van der Waals surface area (Å²) in [4.78, 5) is 36.8. The van der Waals surface area contributed by atoms with Crippen LogP contribution in [0.5, 0.6) is 0 Å². The molecule has 1 heterocycles. The zero-order valence-corrected chi connectivity index (χ0v) is 10.6. The number of hydrogen-bond donors (Lipinski definition) is 2. The highest BCUT2D eigenvalue weighted by atomic mass is 16.2. The molecule has 0 saturated carbocycles. The molecule has 1 unspecified atom stereocenters. The molecule has 2 rings (SSSR count).